The van der Waals surface area contributed by atoms with Crippen LogP contribution >= 0.6 is 7.82 Å². The number of aliphatic hydroxyl groups excluding tert-OH is 1. The Hall–Kier alpha value is -1.54. The Morgan fingerprint density at radius 3 is 1.16 bits per heavy atom. The molecule has 0 aliphatic rings. The zero-order valence-corrected chi connectivity index (χ0v) is 52.8. The largest absolute Gasteiger partial charge is 0.756 e. The Kier molecular flexibility index (Phi) is 57.9. The first-order valence-corrected chi connectivity index (χ1v) is 34.9. The lowest BCUT2D eigenvalue weighted by Gasteiger charge is -2.30. The van der Waals surface area contributed by atoms with Crippen LogP contribution in [-0.2, 0) is 18.4 Å². The first-order chi connectivity index (χ1) is 37.5. The van der Waals surface area contributed by atoms with E-state index in [1.54, 1.807) is 0 Å². The fourth-order valence-corrected chi connectivity index (χ4v) is 10.9. The quantitative estimate of drug-likeness (QED) is 0.0272. The lowest BCUT2D eigenvalue weighted by Crippen LogP contribution is -2.46. The summed E-state index contributed by atoms with van der Waals surface area (Å²) in [6.45, 7) is 4.65. The van der Waals surface area contributed by atoms with E-state index in [0.717, 1.165) is 64.2 Å². The average molecular weight is 1100 g/mol. The van der Waals surface area contributed by atoms with E-state index < -0.39 is 20.0 Å². The molecular formula is C68H131N2O6P. The molecule has 0 aromatic rings. The van der Waals surface area contributed by atoms with E-state index in [9.17, 15) is 19.4 Å². The van der Waals surface area contributed by atoms with Crippen LogP contribution < -0.4 is 10.2 Å². The number of amides is 1. The molecule has 0 saturated heterocycles. The van der Waals surface area contributed by atoms with Gasteiger partial charge in [0.05, 0.1) is 39.9 Å². The van der Waals surface area contributed by atoms with Gasteiger partial charge in [-0.1, -0.05) is 319 Å². The van der Waals surface area contributed by atoms with Gasteiger partial charge in [0.25, 0.3) is 7.82 Å². The Bertz CT molecular complexity index is 1390. The van der Waals surface area contributed by atoms with Gasteiger partial charge in [0.15, 0.2) is 0 Å². The van der Waals surface area contributed by atoms with Gasteiger partial charge in [0, 0.05) is 6.42 Å². The van der Waals surface area contributed by atoms with Gasteiger partial charge in [-0.2, -0.15) is 0 Å². The maximum absolute atomic E-state index is 13.0. The molecule has 0 saturated carbocycles. The molecule has 8 nitrogen and oxygen atoms in total. The van der Waals surface area contributed by atoms with Crippen molar-refractivity contribution in [2.75, 3.05) is 40.9 Å². The van der Waals surface area contributed by atoms with Crippen LogP contribution in [0.5, 0.6) is 0 Å². The number of carbonyl (C=O) groups is 1. The van der Waals surface area contributed by atoms with Gasteiger partial charge >= 0.3 is 0 Å². The van der Waals surface area contributed by atoms with E-state index in [0.29, 0.717) is 23.9 Å². The van der Waals surface area contributed by atoms with Gasteiger partial charge in [0.2, 0.25) is 5.91 Å². The van der Waals surface area contributed by atoms with Gasteiger partial charge in [-0.05, 0) is 51.4 Å². The Balaban J connectivity index is 3.88. The summed E-state index contributed by atoms with van der Waals surface area (Å²) in [6.07, 6.45) is 79.0. The minimum Gasteiger partial charge on any atom is -0.756 e. The number of nitrogens with zero attached hydrogens (tertiary/aromatic N) is 1. The molecule has 0 bridgehead atoms. The summed E-state index contributed by atoms with van der Waals surface area (Å²) < 4.78 is 23.5. The molecule has 0 radical (unpaired) electrons. The summed E-state index contributed by atoms with van der Waals surface area (Å²) in [5.41, 5.74) is 0. The highest BCUT2D eigenvalue weighted by atomic mass is 31.2. The fraction of sp³-hybridized carbons (Fsp3) is 0.868. The normalized spacial score (nSPS) is 14.0. The van der Waals surface area contributed by atoms with Crippen molar-refractivity contribution in [3.05, 3.63) is 48.6 Å². The Labute approximate surface area is 479 Å². The van der Waals surface area contributed by atoms with Crippen molar-refractivity contribution < 1.29 is 32.9 Å². The molecule has 0 heterocycles. The predicted molar refractivity (Wildman–Crippen MR) is 334 cm³/mol. The monoisotopic (exact) mass is 1100 g/mol. The second kappa shape index (κ2) is 59.1. The van der Waals surface area contributed by atoms with Gasteiger partial charge < -0.3 is 28.8 Å². The van der Waals surface area contributed by atoms with Crippen LogP contribution in [0.4, 0.5) is 0 Å². The zero-order valence-electron chi connectivity index (χ0n) is 51.9. The molecule has 0 aliphatic carbocycles. The van der Waals surface area contributed by atoms with Crippen LogP contribution in [0.15, 0.2) is 48.6 Å². The van der Waals surface area contributed by atoms with Crippen molar-refractivity contribution in [2.45, 2.75) is 341 Å². The number of quaternary nitrogens is 1. The van der Waals surface area contributed by atoms with Gasteiger partial charge in [-0.15, -0.1) is 0 Å². The van der Waals surface area contributed by atoms with Crippen LogP contribution in [-0.4, -0.2) is 68.5 Å². The number of nitrogens with one attached hydrogen (secondary N) is 1. The molecule has 2 N–H and O–H groups in total. The molecule has 0 fully saturated rings. The van der Waals surface area contributed by atoms with Crippen LogP contribution in [0, 0.1) is 0 Å². The number of aliphatic hydroxyl groups is 1. The Morgan fingerprint density at radius 2 is 0.792 bits per heavy atom. The smallest absolute Gasteiger partial charge is 0.268 e. The summed E-state index contributed by atoms with van der Waals surface area (Å²) >= 11 is 0. The first kappa shape index (κ1) is 75.5. The molecule has 0 aromatic heterocycles. The molecular weight excluding hydrogens is 972 g/mol. The number of rotatable bonds is 62. The molecule has 0 aromatic carbocycles. The van der Waals surface area contributed by atoms with Gasteiger partial charge in [-0.25, -0.2) is 0 Å². The topological polar surface area (TPSA) is 108 Å². The molecule has 3 atom stereocenters. The SMILES string of the molecule is CC/C=C\C/C=C\C/C=C\C/C=C\CCCCCCCCCCCCCCCCCCCCCCCCCCCCC(=O)NC(COP(=O)([O-])OCC[N+](C)(C)C)C(O)CCCCCCCCCCCCCCCCCC. The lowest BCUT2D eigenvalue weighted by atomic mass is 10.0. The van der Waals surface area contributed by atoms with Crippen LogP contribution in [0.2, 0.25) is 0 Å². The number of phosphoric ester groups is 1. The van der Waals surface area contributed by atoms with Crippen LogP contribution in [0.1, 0.15) is 328 Å². The zero-order chi connectivity index (χ0) is 56.3. The summed E-state index contributed by atoms with van der Waals surface area (Å²) in [5, 5.41) is 14.0. The van der Waals surface area contributed by atoms with Crippen molar-refractivity contribution >= 4 is 13.7 Å². The summed E-state index contributed by atoms with van der Waals surface area (Å²) in [7, 11) is 1.32. The number of unbranched alkanes of at least 4 members (excludes halogenated alkanes) is 41. The number of phosphoric acid groups is 1. The standard InChI is InChI=1S/C68H131N2O6P/c1-6-8-10-12-14-16-18-20-22-24-25-26-27-28-29-30-31-32-33-34-35-36-37-38-39-40-41-42-43-44-45-46-48-50-52-54-56-58-60-62-68(72)69-66(65-76-77(73,74)75-64-63-70(3,4)5)67(71)61-59-57-55-53-51-49-47-23-21-19-17-15-13-11-9-7-2/h8,10,14,16,20,22,25-26,66-67,71H,6-7,9,11-13,15,17-19,21,23-24,27-65H2,1-5H3,(H-,69,72,73,74)/b10-8-,16-14-,22-20-,26-25-. The Morgan fingerprint density at radius 1 is 0.468 bits per heavy atom. The minimum atomic E-state index is -4.57. The minimum absolute atomic E-state index is 0.0144. The van der Waals surface area contributed by atoms with Crippen molar-refractivity contribution in [3.8, 4) is 0 Å². The highest BCUT2D eigenvalue weighted by Crippen LogP contribution is 2.38. The molecule has 0 aliphatic heterocycles. The molecule has 1 amide bonds. The second-order valence-corrected chi connectivity index (χ2v) is 25.6. The number of hydrogen-bond acceptors (Lipinski definition) is 6. The van der Waals surface area contributed by atoms with Crippen molar-refractivity contribution in [3.63, 3.8) is 0 Å². The molecule has 3 unspecified atom stereocenters. The summed E-state index contributed by atoms with van der Waals surface area (Å²) in [6, 6.07) is -0.799. The van der Waals surface area contributed by atoms with Gasteiger partial charge in [0.1, 0.15) is 13.2 Å². The van der Waals surface area contributed by atoms with E-state index in [2.05, 4.69) is 67.8 Å². The fourth-order valence-electron chi connectivity index (χ4n) is 10.2. The van der Waals surface area contributed by atoms with Crippen molar-refractivity contribution in [1.29, 1.82) is 0 Å². The third-order valence-electron chi connectivity index (χ3n) is 15.3. The van der Waals surface area contributed by atoms with E-state index in [1.807, 2.05) is 21.1 Å². The molecule has 9 heteroatoms. The predicted octanol–water partition coefficient (Wildman–Crippen LogP) is 20.4. The number of hydrogen-bond donors (Lipinski definition) is 2. The van der Waals surface area contributed by atoms with E-state index >= 15 is 0 Å². The maximum Gasteiger partial charge on any atom is 0.268 e. The summed E-state index contributed by atoms with van der Waals surface area (Å²) in [4.78, 5) is 25.6. The van der Waals surface area contributed by atoms with E-state index in [-0.39, 0.29) is 19.1 Å². The van der Waals surface area contributed by atoms with Gasteiger partial charge in [-0.3, -0.25) is 9.36 Å². The van der Waals surface area contributed by atoms with Crippen LogP contribution in [0.3, 0.4) is 0 Å². The highest BCUT2D eigenvalue weighted by molar-refractivity contribution is 7.45. The van der Waals surface area contributed by atoms with E-state index in [4.69, 9.17) is 9.05 Å². The third kappa shape index (κ3) is 61.9. The van der Waals surface area contributed by atoms with Crippen LogP contribution in [0.25, 0.3) is 0 Å². The van der Waals surface area contributed by atoms with Crippen molar-refractivity contribution in [1.82, 2.24) is 5.32 Å². The van der Waals surface area contributed by atoms with Crippen molar-refractivity contribution in [2.24, 2.45) is 0 Å². The number of allylic oxidation sites excluding steroid dienone is 8. The summed E-state index contributed by atoms with van der Waals surface area (Å²) in [5.74, 6) is -0.158. The number of likely N-dealkylation sites (N-methyl/N-ethyl adjacent to an activating group) is 1. The lowest BCUT2D eigenvalue weighted by molar-refractivity contribution is -0.870. The maximum atomic E-state index is 13.0. The second-order valence-electron chi connectivity index (χ2n) is 24.2. The highest BCUT2D eigenvalue weighted by Gasteiger charge is 2.24. The average Bonchev–Trinajstić information content (AvgIpc) is 3.39. The van der Waals surface area contributed by atoms with E-state index in [1.165, 1.54) is 238 Å². The third-order valence-corrected chi connectivity index (χ3v) is 16.3. The molecule has 0 rings (SSSR count). The molecule has 77 heavy (non-hydrogen) atoms. The number of carbonyl (C=O) groups excluding carboxylic acids is 1. The molecule has 454 valence electrons. The molecule has 0 spiro atoms. The first-order valence-electron chi connectivity index (χ1n) is 33.5.